The van der Waals surface area contributed by atoms with Crippen LogP contribution in [0.5, 0.6) is 0 Å². The Kier molecular flexibility index (Phi) is 3.13. The zero-order valence-corrected chi connectivity index (χ0v) is 11.7. The summed E-state index contributed by atoms with van der Waals surface area (Å²) in [5, 5.41) is 17.9. The van der Waals surface area contributed by atoms with E-state index in [4.69, 9.17) is 0 Å². The molecule has 0 fully saturated rings. The molecule has 0 atom stereocenters. The van der Waals surface area contributed by atoms with Gasteiger partial charge in [-0.15, -0.1) is 5.10 Å². The highest BCUT2D eigenvalue weighted by Crippen LogP contribution is 2.22. The topological polar surface area (TPSA) is 80.9 Å². The lowest BCUT2D eigenvalue weighted by Crippen LogP contribution is -2.06. The van der Waals surface area contributed by atoms with Crippen molar-refractivity contribution < 1.29 is 9.90 Å². The van der Waals surface area contributed by atoms with E-state index in [0.29, 0.717) is 12.1 Å². The number of aryl methyl sites for hydroxylation is 1. The molecular formula is C15H14N4O2. The molecule has 106 valence electrons. The first kappa shape index (κ1) is 13.2. The second-order valence-electron chi connectivity index (χ2n) is 4.76. The molecule has 1 N–H and O–H groups in total. The highest BCUT2D eigenvalue weighted by molar-refractivity contribution is 5.89. The van der Waals surface area contributed by atoms with Gasteiger partial charge in [0.25, 0.3) is 0 Å². The molecule has 0 aliphatic heterocycles. The van der Waals surface area contributed by atoms with Crippen LogP contribution >= 0.6 is 0 Å². The average molecular weight is 282 g/mol. The van der Waals surface area contributed by atoms with E-state index in [0.717, 1.165) is 22.3 Å². The zero-order chi connectivity index (χ0) is 15.0. The van der Waals surface area contributed by atoms with Gasteiger partial charge in [-0.3, -0.25) is 4.98 Å². The SMILES string of the molecule is CCc1c(C(=O)O)nnn1-c1cccc2ccc(C)nc12. The number of benzene rings is 1. The highest BCUT2D eigenvalue weighted by Gasteiger charge is 2.19. The Morgan fingerprint density at radius 1 is 1.29 bits per heavy atom. The Labute approximate surface area is 121 Å². The Morgan fingerprint density at radius 3 is 2.81 bits per heavy atom. The van der Waals surface area contributed by atoms with Crippen molar-refractivity contribution in [2.45, 2.75) is 20.3 Å². The molecule has 0 saturated carbocycles. The van der Waals surface area contributed by atoms with Crippen molar-refractivity contribution in [3.05, 3.63) is 47.4 Å². The van der Waals surface area contributed by atoms with E-state index in [1.54, 1.807) is 4.68 Å². The number of hydrogen-bond acceptors (Lipinski definition) is 4. The van der Waals surface area contributed by atoms with Crippen molar-refractivity contribution in [2.24, 2.45) is 0 Å². The lowest BCUT2D eigenvalue weighted by Gasteiger charge is -2.08. The van der Waals surface area contributed by atoms with E-state index in [1.807, 2.05) is 44.2 Å². The van der Waals surface area contributed by atoms with Gasteiger partial charge in [-0.05, 0) is 25.5 Å². The second kappa shape index (κ2) is 4.97. The van der Waals surface area contributed by atoms with Gasteiger partial charge < -0.3 is 5.11 Å². The van der Waals surface area contributed by atoms with Crippen LogP contribution < -0.4 is 0 Å². The van der Waals surface area contributed by atoms with Crippen molar-refractivity contribution in [3.8, 4) is 5.69 Å². The quantitative estimate of drug-likeness (QED) is 0.797. The van der Waals surface area contributed by atoms with Gasteiger partial charge in [-0.1, -0.05) is 30.3 Å². The fraction of sp³-hybridized carbons (Fsp3) is 0.200. The molecule has 6 nitrogen and oxygen atoms in total. The van der Waals surface area contributed by atoms with E-state index in [-0.39, 0.29) is 5.69 Å². The first-order chi connectivity index (χ1) is 10.1. The second-order valence-corrected chi connectivity index (χ2v) is 4.76. The van der Waals surface area contributed by atoms with Gasteiger partial charge in [-0.2, -0.15) is 0 Å². The number of carbonyl (C=O) groups is 1. The van der Waals surface area contributed by atoms with Gasteiger partial charge in [-0.25, -0.2) is 9.48 Å². The molecule has 0 radical (unpaired) electrons. The van der Waals surface area contributed by atoms with Gasteiger partial charge in [0.15, 0.2) is 5.69 Å². The summed E-state index contributed by atoms with van der Waals surface area (Å²) in [6.45, 7) is 3.80. The Balaban J connectivity index is 2.30. The summed E-state index contributed by atoms with van der Waals surface area (Å²) in [4.78, 5) is 15.8. The predicted octanol–water partition coefficient (Wildman–Crippen LogP) is 2.38. The molecule has 0 unspecified atom stereocenters. The van der Waals surface area contributed by atoms with Gasteiger partial charge in [0.2, 0.25) is 0 Å². The number of fused-ring (bicyclic) bond motifs is 1. The molecule has 2 heterocycles. The monoisotopic (exact) mass is 282 g/mol. The Morgan fingerprint density at radius 2 is 2.10 bits per heavy atom. The molecule has 6 heteroatoms. The Hall–Kier alpha value is -2.76. The Bertz CT molecular complexity index is 839. The average Bonchev–Trinajstić information content (AvgIpc) is 2.90. The highest BCUT2D eigenvalue weighted by atomic mass is 16.4. The molecule has 0 aliphatic rings. The number of carboxylic acids is 1. The van der Waals surface area contributed by atoms with Crippen molar-refractivity contribution in [1.29, 1.82) is 0 Å². The van der Waals surface area contributed by atoms with Gasteiger partial charge in [0.05, 0.1) is 16.9 Å². The van der Waals surface area contributed by atoms with E-state index in [9.17, 15) is 9.90 Å². The van der Waals surface area contributed by atoms with E-state index >= 15 is 0 Å². The number of aromatic carboxylic acids is 1. The van der Waals surface area contributed by atoms with Crippen LogP contribution in [0.15, 0.2) is 30.3 Å². The van der Waals surface area contributed by atoms with Crippen molar-refractivity contribution >= 4 is 16.9 Å². The summed E-state index contributed by atoms with van der Waals surface area (Å²) in [6, 6.07) is 9.66. The van der Waals surface area contributed by atoms with Crippen LogP contribution in [0.3, 0.4) is 0 Å². The number of para-hydroxylation sites is 1. The third kappa shape index (κ3) is 2.14. The molecule has 0 bridgehead atoms. The van der Waals surface area contributed by atoms with Crippen molar-refractivity contribution in [3.63, 3.8) is 0 Å². The molecule has 0 spiro atoms. The lowest BCUT2D eigenvalue weighted by molar-refractivity contribution is 0.0689. The van der Waals surface area contributed by atoms with Gasteiger partial charge in [0, 0.05) is 11.1 Å². The van der Waals surface area contributed by atoms with Crippen LogP contribution in [0, 0.1) is 6.92 Å². The molecule has 3 rings (SSSR count). The normalized spacial score (nSPS) is 11.0. The van der Waals surface area contributed by atoms with Gasteiger partial charge in [0.1, 0.15) is 0 Å². The number of aromatic nitrogens is 4. The summed E-state index contributed by atoms with van der Waals surface area (Å²) >= 11 is 0. The first-order valence-corrected chi connectivity index (χ1v) is 6.66. The molecule has 0 amide bonds. The number of rotatable bonds is 3. The summed E-state index contributed by atoms with van der Waals surface area (Å²) in [6.07, 6.45) is 0.525. The van der Waals surface area contributed by atoms with E-state index in [1.165, 1.54) is 0 Å². The van der Waals surface area contributed by atoms with Crippen LogP contribution in [-0.4, -0.2) is 31.1 Å². The minimum absolute atomic E-state index is 0.0119. The fourth-order valence-electron chi connectivity index (χ4n) is 2.38. The minimum atomic E-state index is -1.07. The number of nitrogens with zero attached hydrogens (tertiary/aromatic N) is 4. The summed E-state index contributed by atoms with van der Waals surface area (Å²) < 4.78 is 1.57. The maximum atomic E-state index is 11.2. The number of carboxylic acid groups (broad SMARTS) is 1. The summed E-state index contributed by atoms with van der Waals surface area (Å²) in [5.74, 6) is -1.07. The molecule has 0 aliphatic carbocycles. The fourth-order valence-corrected chi connectivity index (χ4v) is 2.38. The predicted molar refractivity (Wildman–Crippen MR) is 77.7 cm³/mol. The molecule has 1 aromatic carbocycles. The maximum absolute atomic E-state index is 11.2. The number of hydrogen-bond donors (Lipinski definition) is 1. The first-order valence-electron chi connectivity index (χ1n) is 6.66. The zero-order valence-electron chi connectivity index (χ0n) is 11.7. The largest absolute Gasteiger partial charge is 0.476 e. The molecule has 21 heavy (non-hydrogen) atoms. The molecule has 2 aromatic heterocycles. The van der Waals surface area contributed by atoms with Crippen LogP contribution in [0.4, 0.5) is 0 Å². The lowest BCUT2D eigenvalue weighted by atomic mass is 10.1. The van der Waals surface area contributed by atoms with Crippen LogP contribution in [0.25, 0.3) is 16.6 Å². The van der Waals surface area contributed by atoms with Crippen LogP contribution in [0.1, 0.15) is 28.8 Å². The van der Waals surface area contributed by atoms with E-state index < -0.39 is 5.97 Å². The smallest absolute Gasteiger partial charge is 0.358 e. The van der Waals surface area contributed by atoms with Crippen LogP contribution in [0.2, 0.25) is 0 Å². The molecule has 3 aromatic rings. The number of pyridine rings is 1. The molecule has 0 saturated heterocycles. The van der Waals surface area contributed by atoms with Crippen molar-refractivity contribution in [2.75, 3.05) is 0 Å². The summed E-state index contributed by atoms with van der Waals surface area (Å²) in [7, 11) is 0. The van der Waals surface area contributed by atoms with Gasteiger partial charge >= 0.3 is 5.97 Å². The minimum Gasteiger partial charge on any atom is -0.476 e. The third-order valence-electron chi connectivity index (χ3n) is 3.37. The van der Waals surface area contributed by atoms with Crippen LogP contribution in [-0.2, 0) is 6.42 Å². The van der Waals surface area contributed by atoms with E-state index in [2.05, 4.69) is 15.3 Å². The van der Waals surface area contributed by atoms with Crippen molar-refractivity contribution in [1.82, 2.24) is 20.0 Å². The summed E-state index contributed by atoms with van der Waals surface area (Å²) in [5.41, 5.74) is 2.98. The third-order valence-corrected chi connectivity index (χ3v) is 3.37. The standard InChI is InChI=1S/C15H14N4O2/c1-3-11-14(15(20)21)17-18-19(11)12-6-4-5-10-8-7-9(2)16-13(10)12/h4-8H,3H2,1-2H3,(H,20,21). The molecular weight excluding hydrogens is 268 g/mol. The maximum Gasteiger partial charge on any atom is 0.358 e.